The number of alkyl halides is 12. The summed E-state index contributed by atoms with van der Waals surface area (Å²) in [4.78, 5) is 0. The number of fused-ring (bicyclic) bond motifs is 2. The van der Waals surface area contributed by atoms with Crippen molar-refractivity contribution in [2.75, 3.05) is 0 Å². The zero-order valence-electron chi connectivity index (χ0n) is 34.7. The van der Waals surface area contributed by atoms with Gasteiger partial charge in [-0.3, -0.25) is 0 Å². The first-order chi connectivity index (χ1) is 28.6. The van der Waals surface area contributed by atoms with Gasteiger partial charge in [0.2, 0.25) is 0 Å². The summed E-state index contributed by atoms with van der Waals surface area (Å²) in [5, 5.41) is 0. The molecule has 0 aromatic heterocycles. The average Bonchev–Trinajstić information content (AvgIpc) is 3.74. The first-order valence-electron chi connectivity index (χ1n) is 20.5. The monoisotopic (exact) mass is 1010 g/mol. The van der Waals surface area contributed by atoms with E-state index in [-0.39, 0.29) is 47.2 Å². The number of allylic oxidation sites excluding steroid dienone is 2. The molecule has 0 nitrogen and oxygen atoms in total. The van der Waals surface area contributed by atoms with Gasteiger partial charge in [0, 0.05) is 0 Å². The van der Waals surface area contributed by atoms with Gasteiger partial charge < -0.3 is 0 Å². The molecule has 0 amide bonds. The molecule has 4 aromatic rings. The molecule has 0 radical (unpaired) electrons. The van der Waals surface area contributed by atoms with E-state index >= 15 is 0 Å². The van der Waals surface area contributed by atoms with Crippen LogP contribution in [-0.4, -0.2) is 5.92 Å². The molecule has 335 valence electrons. The molecule has 0 fully saturated rings. The fraction of sp³-hybridized carbons (Fsp3) is 0.391. The number of hydrogen-bond acceptors (Lipinski definition) is 0. The van der Waals surface area contributed by atoms with E-state index in [1.54, 1.807) is 26.0 Å². The van der Waals surface area contributed by atoms with E-state index in [2.05, 4.69) is 0 Å². The van der Waals surface area contributed by atoms with Gasteiger partial charge in [-0.2, -0.15) is 0 Å². The van der Waals surface area contributed by atoms with Crippen LogP contribution in [0.3, 0.4) is 0 Å². The predicted octanol–water partition coefficient (Wildman–Crippen LogP) is 17.4. The van der Waals surface area contributed by atoms with Gasteiger partial charge in [-0.1, -0.05) is 0 Å². The van der Waals surface area contributed by atoms with Gasteiger partial charge >= 0.3 is 364 Å². The Hall–Kier alpha value is -2.80. The second kappa shape index (κ2) is 16.9. The van der Waals surface area contributed by atoms with Gasteiger partial charge in [-0.25, -0.2) is 0 Å². The molecular formula is C46H45Cl2F12SiZr. The van der Waals surface area contributed by atoms with Gasteiger partial charge in [0.15, 0.2) is 0 Å². The van der Waals surface area contributed by atoms with Gasteiger partial charge in [0.25, 0.3) is 0 Å². The fourth-order valence-electron chi connectivity index (χ4n) is 9.73. The molecule has 6 rings (SSSR count). The second-order valence-electron chi connectivity index (χ2n) is 16.7. The average molecular weight is 1020 g/mol. The zero-order chi connectivity index (χ0) is 46.1. The number of benzene rings is 4. The van der Waals surface area contributed by atoms with Gasteiger partial charge in [0.1, 0.15) is 0 Å². The van der Waals surface area contributed by atoms with Crippen LogP contribution in [0.25, 0.3) is 34.4 Å². The van der Waals surface area contributed by atoms with Crippen LogP contribution in [0.5, 0.6) is 0 Å². The van der Waals surface area contributed by atoms with Crippen molar-refractivity contribution < 1.29 is 68.2 Å². The summed E-state index contributed by atoms with van der Waals surface area (Å²) in [7, 11) is 17.0. The van der Waals surface area contributed by atoms with Crippen LogP contribution in [-0.2, 0) is 53.1 Å². The molecule has 62 heavy (non-hydrogen) atoms. The molecule has 2 unspecified atom stereocenters. The van der Waals surface area contributed by atoms with E-state index in [9.17, 15) is 52.7 Å². The van der Waals surface area contributed by atoms with Crippen molar-refractivity contribution >= 4 is 35.1 Å². The van der Waals surface area contributed by atoms with E-state index in [0.29, 0.717) is 59.1 Å². The predicted molar refractivity (Wildman–Crippen MR) is 224 cm³/mol. The van der Waals surface area contributed by atoms with Crippen LogP contribution in [0.2, 0.25) is 13.1 Å². The number of hydrogen-bond donors (Lipinski definition) is 0. The molecule has 2 aliphatic rings. The zero-order valence-corrected chi connectivity index (χ0v) is 39.8. The Morgan fingerprint density at radius 3 is 1.05 bits per heavy atom. The molecule has 0 heterocycles. The maximum atomic E-state index is 14.2. The van der Waals surface area contributed by atoms with Gasteiger partial charge in [-0.15, -0.1) is 0 Å². The molecule has 2 aliphatic carbocycles. The third-order valence-electron chi connectivity index (χ3n) is 12.6. The van der Waals surface area contributed by atoms with Crippen LogP contribution < -0.4 is 0 Å². The Kier molecular flexibility index (Phi) is 13.2. The van der Waals surface area contributed by atoms with Crippen molar-refractivity contribution in [1.82, 2.24) is 0 Å². The number of aryl methyl sites for hydroxylation is 2. The molecule has 0 spiro atoms. The third kappa shape index (κ3) is 8.57. The van der Waals surface area contributed by atoms with Gasteiger partial charge in [0.05, 0.1) is 0 Å². The van der Waals surface area contributed by atoms with E-state index in [4.69, 9.17) is 17.0 Å². The summed E-state index contributed by atoms with van der Waals surface area (Å²) in [6.07, 6.45) is -14.1. The van der Waals surface area contributed by atoms with E-state index in [0.717, 1.165) is 35.4 Å². The SMILES string of the molecule is CCCC1=Cc2c(ccc(CC)c2-c2cc(C(F)(F)F)cc(C(F)(F)F)c2)[CH]1[Zr]([Cl])([Cl])([CH]1C(CCC)=Cc2c1ccc(CC)c2-c1cc(C(F)(F)F)cc(C(F)(F)F)c1)[SiH](C)C. The number of rotatable bonds is 11. The summed E-state index contributed by atoms with van der Waals surface area (Å²) in [6.45, 7) is 11.4. The van der Waals surface area contributed by atoms with Crippen molar-refractivity contribution in [3.8, 4) is 22.3 Å². The first-order valence-corrected chi connectivity index (χ1v) is 36.8. The topological polar surface area (TPSA) is 0 Å². The Labute approximate surface area is 362 Å². The molecule has 2 atom stereocenters. The van der Waals surface area contributed by atoms with E-state index in [1.165, 1.54) is 0 Å². The van der Waals surface area contributed by atoms with E-state index < -0.39 is 75.7 Å². The molecule has 0 bridgehead atoms. The third-order valence-corrected chi connectivity index (χ3v) is 64.4. The van der Waals surface area contributed by atoms with Crippen LogP contribution >= 0.6 is 17.0 Å². The standard InChI is InChI=1S/2C22H19F6.C2H7Si.2ClH.Zr/c2*1-3-5-13-8-15-7-6-14(4-2)20(19(15)9-13)16-10-17(21(23,24)25)12-18(11-16)22(26,27)28;1-3-2;;;/h2*6-12H,3-5H2,1-2H3;3H,1-2H3;2*1H;/q;;;;;+2/p-2. The molecule has 0 N–H and O–H groups in total. The molecule has 0 saturated carbocycles. The summed E-state index contributed by atoms with van der Waals surface area (Å²) in [5.74, 6) is -2.34. The molecule has 0 aliphatic heterocycles. The van der Waals surface area contributed by atoms with Crippen molar-refractivity contribution in [1.29, 1.82) is 0 Å². The molecule has 4 aromatic carbocycles. The number of halogens is 14. The first kappa shape index (κ1) is 48.7. The Balaban J connectivity index is 1.68. The van der Waals surface area contributed by atoms with Crippen LogP contribution in [0.1, 0.15) is 116 Å². The molecular weight excluding hydrogens is 971 g/mol. The van der Waals surface area contributed by atoms with Crippen molar-refractivity contribution in [3.05, 3.63) is 127 Å². The van der Waals surface area contributed by atoms with Crippen molar-refractivity contribution in [3.63, 3.8) is 0 Å². The maximum absolute atomic E-state index is 14.2. The quantitative estimate of drug-likeness (QED) is 0.104. The van der Waals surface area contributed by atoms with Crippen LogP contribution in [0, 0.1) is 0 Å². The summed E-state index contributed by atoms with van der Waals surface area (Å²) in [6, 6.07) is 10.2. The second-order valence-corrected chi connectivity index (χ2v) is 59.2. The molecule has 16 heteroatoms. The van der Waals surface area contributed by atoms with E-state index in [1.807, 2.05) is 51.2 Å². The molecule has 0 saturated heterocycles. The minimum atomic E-state index is -5.78. The fourth-order valence-corrected chi connectivity index (χ4v) is 41.2. The van der Waals surface area contributed by atoms with Crippen molar-refractivity contribution in [2.45, 2.75) is 111 Å². The summed E-state index contributed by atoms with van der Waals surface area (Å²) < 4.78 is 170. The minimum absolute atomic E-state index is 0.0957. The van der Waals surface area contributed by atoms with Crippen LogP contribution in [0.4, 0.5) is 52.7 Å². The Morgan fingerprint density at radius 2 is 0.806 bits per heavy atom. The van der Waals surface area contributed by atoms with Gasteiger partial charge in [-0.05, 0) is 0 Å². The van der Waals surface area contributed by atoms with Crippen LogP contribution in [0.15, 0.2) is 71.8 Å². The summed E-state index contributed by atoms with van der Waals surface area (Å²) in [5.41, 5.74) is -1.25. The normalized spacial score (nSPS) is 17.8. The summed E-state index contributed by atoms with van der Waals surface area (Å²) >= 11 is -5.78. The Bertz CT molecular complexity index is 2230. The Morgan fingerprint density at radius 1 is 0.500 bits per heavy atom. The van der Waals surface area contributed by atoms with Crippen molar-refractivity contribution in [2.24, 2.45) is 0 Å².